The summed E-state index contributed by atoms with van der Waals surface area (Å²) in [6.45, 7) is 6.07. The van der Waals surface area contributed by atoms with Crippen molar-refractivity contribution in [1.29, 1.82) is 0 Å². The van der Waals surface area contributed by atoms with Gasteiger partial charge in [-0.1, -0.05) is 31.2 Å². The Morgan fingerprint density at radius 2 is 2.11 bits per heavy atom. The van der Waals surface area contributed by atoms with E-state index in [2.05, 4.69) is 6.58 Å². The van der Waals surface area contributed by atoms with Crippen LogP contribution in [0, 0.1) is 5.41 Å². The van der Waals surface area contributed by atoms with E-state index in [-0.39, 0.29) is 11.8 Å². The molecule has 0 aromatic heterocycles. The van der Waals surface area contributed by atoms with Gasteiger partial charge >= 0.3 is 0 Å². The summed E-state index contributed by atoms with van der Waals surface area (Å²) >= 11 is 0. The van der Waals surface area contributed by atoms with E-state index in [0.717, 1.165) is 0 Å². The van der Waals surface area contributed by atoms with Crippen molar-refractivity contribution in [3.05, 3.63) is 48.6 Å². The molecule has 0 unspecified atom stereocenters. The van der Waals surface area contributed by atoms with Gasteiger partial charge in [-0.25, -0.2) is 0 Å². The fraction of sp³-hybridized carbons (Fsp3) is 0.333. The Balaban J connectivity index is 2.20. The highest BCUT2D eigenvalue weighted by molar-refractivity contribution is 6.07. The van der Waals surface area contributed by atoms with E-state index in [4.69, 9.17) is 0 Å². The van der Waals surface area contributed by atoms with E-state index < -0.39 is 5.41 Å². The number of imide groups is 1. The molecule has 1 saturated heterocycles. The highest BCUT2D eigenvalue weighted by atomic mass is 16.2. The van der Waals surface area contributed by atoms with Crippen molar-refractivity contribution in [1.82, 2.24) is 4.90 Å². The van der Waals surface area contributed by atoms with Crippen molar-refractivity contribution in [3.8, 4) is 0 Å². The van der Waals surface area contributed by atoms with Crippen molar-refractivity contribution in [3.63, 3.8) is 0 Å². The first-order valence-electron chi connectivity index (χ1n) is 6.11. The third-order valence-electron chi connectivity index (χ3n) is 3.51. The van der Waals surface area contributed by atoms with Gasteiger partial charge in [-0.15, -0.1) is 6.58 Å². The topological polar surface area (TPSA) is 37.4 Å². The first-order valence-corrected chi connectivity index (χ1v) is 6.11. The molecule has 0 bridgehead atoms. The molecule has 3 nitrogen and oxygen atoms in total. The van der Waals surface area contributed by atoms with Crippen LogP contribution in [0.2, 0.25) is 0 Å². The third kappa shape index (κ3) is 2.08. The summed E-state index contributed by atoms with van der Waals surface area (Å²) in [4.78, 5) is 25.9. The maximum absolute atomic E-state index is 12.3. The summed E-state index contributed by atoms with van der Waals surface area (Å²) in [5.41, 5.74) is 0.0975. The molecule has 0 saturated carbocycles. The average molecular weight is 243 g/mol. The summed E-state index contributed by atoms with van der Waals surface area (Å²) < 4.78 is 0. The molecular weight excluding hydrogens is 226 g/mol. The second-order valence-electron chi connectivity index (χ2n) is 4.93. The second-order valence-corrected chi connectivity index (χ2v) is 4.93. The standard InChI is InChI=1S/C15H17NO2/c1-3-9-15(2)10-11-16(14(15)18)13(17)12-7-5-4-6-8-12/h3-8H,1,9-11H2,2H3/t15-/m1/s1. The molecule has 18 heavy (non-hydrogen) atoms. The fourth-order valence-electron chi connectivity index (χ4n) is 2.33. The second kappa shape index (κ2) is 4.77. The molecule has 1 atom stereocenters. The maximum Gasteiger partial charge on any atom is 0.260 e. The summed E-state index contributed by atoms with van der Waals surface area (Å²) in [6, 6.07) is 8.93. The van der Waals surface area contributed by atoms with Gasteiger partial charge in [-0.05, 0) is 25.0 Å². The van der Waals surface area contributed by atoms with Crippen LogP contribution < -0.4 is 0 Å². The van der Waals surface area contributed by atoms with Gasteiger partial charge in [0.15, 0.2) is 0 Å². The predicted molar refractivity (Wildman–Crippen MR) is 70.0 cm³/mol. The normalized spacial score (nSPS) is 23.2. The van der Waals surface area contributed by atoms with Crippen LogP contribution in [0.1, 0.15) is 30.1 Å². The molecule has 94 valence electrons. The molecule has 1 aromatic carbocycles. The van der Waals surface area contributed by atoms with Crippen LogP contribution in [-0.2, 0) is 4.79 Å². The lowest BCUT2D eigenvalue weighted by molar-refractivity contribution is -0.133. The van der Waals surface area contributed by atoms with Crippen LogP contribution in [0.4, 0.5) is 0 Å². The zero-order chi connectivity index (χ0) is 13.2. The first kappa shape index (κ1) is 12.6. The number of rotatable bonds is 3. The van der Waals surface area contributed by atoms with E-state index in [1.54, 1.807) is 30.3 Å². The third-order valence-corrected chi connectivity index (χ3v) is 3.51. The molecule has 1 fully saturated rings. The van der Waals surface area contributed by atoms with Gasteiger partial charge in [-0.2, -0.15) is 0 Å². The van der Waals surface area contributed by atoms with Gasteiger partial charge in [0, 0.05) is 12.1 Å². The Hall–Kier alpha value is -1.90. The highest BCUT2D eigenvalue weighted by Crippen LogP contribution is 2.35. The Morgan fingerprint density at radius 1 is 1.44 bits per heavy atom. The zero-order valence-electron chi connectivity index (χ0n) is 10.6. The predicted octanol–water partition coefficient (Wildman–Crippen LogP) is 2.64. The van der Waals surface area contributed by atoms with E-state index in [9.17, 15) is 9.59 Å². The Kier molecular flexibility index (Phi) is 3.32. The number of nitrogens with zero attached hydrogens (tertiary/aromatic N) is 1. The van der Waals surface area contributed by atoms with Crippen LogP contribution >= 0.6 is 0 Å². The molecule has 0 aliphatic carbocycles. The molecule has 1 heterocycles. The minimum Gasteiger partial charge on any atom is -0.278 e. The van der Waals surface area contributed by atoms with Gasteiger partial charge in [0.2, 0.25) is 5.91 Å². The SMILES string of the molecule is C=CC[C@]1(C)CCN(C(=O)c2ccccc2)C1=O. The quantitative estimate of drug-likeness (QED) is 0.604. The van der Waals surface area contributed by atoms with Crippen molar-refractivity contribution >= 4 is 11.8 Å². The molecule has 1 aliphatic heterocycles. The fourth-order valence-corrected chi connectivity index (χ4v) is 2.33. The molecule has 0 radical (unpaired) electrons. The number of benzene rings is 1. The largest absolute Gasteiger partial charge is 0.278 e. The first-order chi connectivity index (χ1) is 8.58. The van der Waals surface area contributed by atoms with E-state index in [0.29, 0.717) is 24.9 Å². The number of carbonyl (C=O) groups excluding carboxylic acids is 2. The van der Waals surface area contributed by atoms with Crippen LogP contribution in [0.25, 0.3) is 0 Å². The van der Waals surface area contributed by atoms with Crippen molar-refractivity contribution < 1.29 is 9.59 Å². The number of hydrogen-bond acceptors (Lipinski definition) is 2. The number of likely N-dealkylation sites (tertiary alicyclic amines) is 1. The number of carbonyl (C=O) groups is 2. The Bertz CT molecular complexity index is 481. The number of allylic oxidation sites excluding steroid dienone is 1. The minimum absolute atomic E-state index is 0.0868. The average Bonchev–Trinajstić information content (AvgIpc) is 2.67. The van der Waals surface area contributed by atoms with Crippen molar-refractivity contribution in [2.24, 2.45) is 5.41 Å². The van der Waals surface area contributed by atoms with Gasteiger partial charge in [-0.3, -0.25) is 14.5 Å². The van der Waals surface area contributed by atoms with Crippen molar-refractivity contribution in [2.45, 2.75) is 19.8 Å². The van der Waals surface area contributed by atoms with Gasteiger partial charge < -0.3 is 0 Å². The molecule has 1 aliphatic rings. The molecule has 2 amide bonds. The molecule has 0 spiro atoms. The summed E-state index contributed by atoms with van der Waals surface area (Å²) in [7, 11) is 0. The van der Waals surface area contributed by atoms with Crippen LogP contribution in [0.5, 0.6) is 0 Å². The van der Waals surface area contributed by atoms with Gasteiger partial charge in [0.25, 0.3) is 5.91 Å². The molecule has 0 N–H and O–H groups in total. The summed E-state index contributed by atoms with van der Waals surface area (Å²) in [6.07, 6.45) is 3.06. The molecule has 3 heteroatoms. The maximum atomic E-state index is 12.3. The highest BCUT2D eigenvalue weighted by Gasteiger charge is 2.44. The minimum atomic E-state index is -0.466. The summed E-state index contributed by atoms with van der Waals surface area (Å²) in [5, 5.41) is 0. The van der Waals surface area contributed by atoms with Crippen LogP contribution in [-0.4, -0.2) is 23.3 Å². The van der Waals surface area contributed by atoms with E-state index in [1.165, 1.54) is 4.90 Å². The Labute approximate surface area is 107 Å². The van der Waals surface area contributed by atoms with Crippen molar-refractivity contribution in [2.75, 3.05) is 6.54 Å². The lowest BCUT2D eigenvalue weighted by Crippen LogP contribution is -2.37. The van der Waals surface area contributed by atoms with Gasteiger partial charge in [0.05, 0.1) is 5.41 Å². The molecular formula is C15H17NO2. The van der Waals surface area contributed by atoms with Gasteiger partial charge in [0.1, 0.15) is 0 Å². The zero-order valence-corrected chi connectivity index (χ0v) is 10.6. The lowest BCUT2D eigenvalue weighted by Gasteiger charge is -2.21. The van der Waals surface area contributed by atoms with Crippen LogP contribution in [0.3, 0.4) is 0 Å². The number of hydrogen-bond donors (Lipinski definition) is 0. The Morgan fingerprint density at radius 3 is 2.72 bits per heavy atom. The monoisotopic (exact) mass is 243 g/mol. The smallest absolute Gasteiger partial charge is 0.260 e. The van der Waals surface area contributed by atoms with E-state index >= 15 is 0 Å². The summed E-state index contributed by atoms with van der Waals surface area (Å²) in [5.74, 6) is -0.287. The molecule has 1 aromatic rings. The molecule has 2 rings (SSSR count). The number of amides is 2. The lowest BCUT2D eigenvalue weighted by atomic mass is 9.85. The van der Waals surface area contributed by atoms with Crippen LogP contribution in [0.15, 0.2) is 43.0 Å². The van der Waals surface area contributed by atoms with E-state index in [1.807, 2.05) is 13.0 Å².